The Morgan fingerprint density at radius 2 is 1.96 bits per heavy atom. The Labute approximate surface area is 148 Å². The van der Waals surface area contributed by atoms with Gasteiger partial charge in [0.25, 0.3) is 5.91 Å². The molecule has 0 bridgehead atoms. The summed E-state index contributed by atoms with van der Waals surface area (Å²) in [6, 6.07) is 8.81. The van der Waals surface area contributed by atoms with Crippen LogP contribution in [0.5, 0.6) is 0 Å². The summed E-state index contributed by atoms with van der Waals surface area (Å²) in [6.45, 7) is 6.06. The predicted octanol–water partition coefficient (Wildman–Crippen LogP) is 3.60. The fourth-order valence-electron chi connectivity index (χ4n) is 2.40. The molecule has 0 saturated carbocycles. The largest absolute Gasteiger partial charge is 0.340 e. The van der Waals surface area contributed by atoms with Crippen LogP contribution < -0.4 is 5.32 Å². The van der Waals surface area contributed by atoms with E-state index in [0.717, 1.165) is 18.5 Å². The molecule has 1 amide bonds. The maximum Gasteiger partial charge on any atom is 0.272 e. The van der Waals surface area contributed by atoms with Gasteiger partial charge in [-0.1, -0.05) is 25.5 Å². The molecule has 1 N–H and O–H groups in total. The van der Waals surface area contributed by atoms with Gasteiger partial charge >= 0.3 is 0 Å². The van der Waals surface area contributed by atoms with E-state index in [1.807, 2.05) is 6.07 Å². The zero-order chi connectivity index (χ0) is 18.4. The molecular formula is C19H24N4O2. The van der Waals surface area contributed by atoms with Gasteiger partial charge in [0.1, 0.15) is 17.3 Å². The summed E-state index contributed by atoms with van der Waals surface area (Å²) < 4.78 is 0. The third kappa shape index (κ3) is 5.11. The number of hydrogen-bond acceptors (Lipinski definition) is 5. The highest BCUT2D eigenvalue weighted by atomic mass is 16.2. The lowest BCUT2D eigenvalue weighted by Crippen LogP contribution is -2.28. The van der Waals surface area contributed by atoms with E-state index < -0.39 is 0 Å². The molecule has 1 heterocycles. The van der Waals surface area contributed by atoms with E-state index in [0.29, 0.717) is 29.4 Å². The SMILES string of the molecule is CCCCN(C)C(=O)c1cc(Nc2cccc(C(C)=O)c2)nc(C)n1. The van der Waals surface area contributed by atoms with Crippen molar-refractivity contribution in [2.75, 3.05) is 18.9 Å². The molecule has 6 heteroatoms. The summed E-state index contributed by atoms with van der Waals surface area (Å²) >= 11 is 0. The summed E-state index contributed by atoms with van der Waals surface area (Å²) in [6.07, 6.45) is 1.98. The summed E-state index contributed by atoms with van der Waals surface area (Å²) in [5.74, 6) is 0.913. The number of Topliss-reactive ketones (excluding diaryl/α,β-unsaturated/α-hetero) is 1. The Morgan fingerprint density at radius 3 is 2.64 bits per heavy atom. The number of carbonyl (C=O) groups is 2. The van der Waals surface area contributed by atoms with E-state index in [1.54, 1.807) is 43.1 Å². The molecule has 0 atom stereocenters. The van der Waals surface area contributed by atoms with E-state index in [2.05, 4.69) is 22.2 Å². The number of unbranched alkanes of at least 4 members (excludes halogenated alkanes) is 1. The van der Waals surface area contributed by atoms with Crippen molar-refractivity contribution in [3.8, 4) is 0 Å². The van der Waals surface area contributed by atoms with Crippen molar-refractivity contribution in [2.24, 2.45) is 0 Å². The number of carbonyl (C=O) groups excluding carboxylic acids is 2. The molecule has 132 valence electrons. The van der Waals surface area contributed by atoms with Crippen molar-refractivity contribution in [1.82, 2.24) is 14.9 Å². The first-order chi connectivity index (χ1) is 11.9. The monoisotopic (exact) mass is 340 g/mol. The van der Waals surface area contributed by atoms with Crippen molar-refractivity contribution >= 4 is 23.2 Å². The van der Waals surface area contributed by atoms with Crippen LogP contribution in [0.3, 0.4) is 0 Å². The number of benzene rings is 1. The molecule has 0 unspecified atom stereocenters. The lowest BCUT2D eigenvalue weighted by Gasteiger charge is -2.17. The van der Waals surface area contributed by atoms with Crippen molar-refractivity contribution in [3.63, 3.8) is 0 Å². The number of aryl methyl sites for hydroxylation is 1. The molecule has 0 aliphatic rings. The molecule has 0 radical (unpaired) electrons. The molecule has 0 aliphatic carbocycles. The van der Waals surface area contributed by atoms with Crippen LogP contribution in [0.1, 0.15) is 53.4 Å². The van der Waals surface area contributed by atoms with Crippen LogP contribution in [0.2, 0.25) is 0 Å². The average molecular weight is 340 g/mol. The highest BCUT2D eigenvalue weighted by Crippen LogP contribution is 2.18. The fourth-order valence-corrected chi connectivity index (χ4v) is 2.40. The van der Waals surface area contributed by atoms with Gasteiger partial charge in [-0.3, -0.25) is 9.59 Å². The molecule has 0 fully saturated rings. The molecule has 2 aromatic rings. The number of amides is 1. The highest BCUT2D eigenvalue weighted by Gasteiger charge is 2.15. The minimum atomic E-state index is -0.125. The van der Waals surface area contributed by atoms with Gasteiger partial charge < -0.3 is 10.2 Å². The predicted molar refractivity (Wildman–Crippen MR) is 98.4 cm³/mol. The van der Waals surface area contributed by atoms with Crippen LogP contribution >= 0.6 is 0 Å². The van der Waals surface area contributed by atoms with Gasteiger partial charge in [0, 0.05) is 30.9 Å². The van der Waals surface area contributed by atoms with Crippen LogP contribution in [0.15, 0.2) is 30.3 Å². The lowest BCUT2D eigenvalue weighted by atomic mass is 10.1. The highest BCUT2D eigenvalue weighted by molar-refractivity contribution is 5.95. The van der Waals surface area contributed by atoms with E-state index in [1.165, 1.54) is 6.92 Å². The number of nitrogens with zero attached hydrogens (tertiary/aromatic N) is 3. The van der Waals surface area contributed by atoms with Crippen molar-refractivity contribution in [3.05, 3.63) is 47.4 Å². The topological polar surface area (TPSA) is 75.2 Å². The number of ketones is 1. The molecule has 0 aliphatic heterocycles. The smallest absolute Gasteiger partial charge is 0.272 e. The standard InChI is InChI=1S/C19H24N4O2/c1-5-6-10-23(4)19(25)17-12-18(21-14(3)20-17)22-16-9-7-8-15(11-16)13(2)24/h7-9,11-12H,5-6,10H2,1-4H3,(H,20,21,22). The van der Waals surface area contributed by atoms with Crippen molar-refractivity contribution < 1.29 is 9.59 Å². The maximum absolute atomic E-state index is 12.5. The zero-order valence-electron chi connectivity index (χ0n) is 15.2. The quantitative estimate of drug-likeness (QED) is 0.779. The first kappa shape index (κ1) is 18.6. The third-order valence-corrected chi connectivity index (χ3v) is 3.79. The Kier molecular flexibility index (Phi) is 6.22. The summed E-state index contributed by atoms with van der Waals surface area (Å²) in [5.41, 5.74) is 1.71. The number of nitrogens with one attached hydrogen (secondary N) is 1. The second-order valence-corrected chi connectivity index (χ2v) is 6.03. The maximum atomic E-state index is 12.5. The second-order valence-electron chi connectivity index (χ2n) is 6.03. The number of anilines is 2. The molecule has 1 aromatic heterocycles. The van der Waals surface area contributed by atoms with Gasteiger partial charge in [0.05, 0.1) is 0 Å². The Hall–Kier alpha value is -2.76. The number of hydrogen-bond donors (Lipinski definition) is 1. The second kappa shape index (κ2) is 8.37. The summed E-state index contributed by atoms with van der Waals surface area (Å²) in [5, 5.41) is 3.14. The minimum Gasteiger partial charge on any atom is -0.340 e. The van der Waals surface area contributed by atoms with Gasteiger partial charge in [0.2, 0.25) is 0 Å². The summed E-state index contributed by atoms with van der Waals surface area (Å²) in [4.78, 5) is 34.3. The average Bonchev–Trinajstić information content (AvgIpc) is 2.58. The van der Waals surface area contributed by atoms with E-state index in [9.17, 15) is 9.59 Å². The van der Waals surface area contributed by atoms with E-state index in [4.69, 9.17) is 0 Å². The molecular weight excluding hydrogens is 316 g/mol. The lowest BCUT2D eigenvalue weighted by molar-refractivity contribution is 0.0787. The Balaban J connectivity index is 2.22. The van der Waals surface area contributed by atoms with Crippen molar-refractivity contribution in [2.45, 2.75) is 33.6 Å². The van der Waals surface area contributed by atoms with Gasteiger partial charge in [-0.25, -0.2) is 9.97 Å². The third-order valence-electron chi connectivity index (χ3n) is 3.79. The van der Waals surface area contributed by atoms with Crippen LogP contribution in [0.4, 0.5) is 11.5 Å². The Bertz CT molecular complexity index is 774. The zero-order valence-corrected chi connectivity index (χ0v) is 15.2. The first-order valence-electron chi connectivity index (χ1n) is 8.40. The van der Waals surface area contributed by atoms with E-state index in [-0.39, 0.29) is 11.7 Å². The van der Waals surface area contributed by atoms with Crippen LogP contribution in [-0.4, -0.2) is 40.2 Å². The van der Waals surface area contributed by atoms with Gasteiger partial charge in [-0.15, -0.1) is 0 Å². The Morgan fingerprint density at radius 1 is 1.20 bits per heavy atom. The minimum absolute atomic E-state index is 0.00376. The molecule has 6 nitrogen and oxygen atoms in total. The summed E-state index contributed by atoms with van der Waals surface area (Å²) in [7, 11) is 1.78. The molecule has 0 spiro atoms. The normalized spacial score (nSPS) is 10.4. The molecule has 25 heavy (non-hydrogen) atoms. The molecule has 2 rings (SSSR count). The van der Waals surface area contributed by atoms with Crippen LogP contribution in [0.25, 0.3) is 0 Å². The number of rotatable bonds is 7. The van der Waals surface area contributed by atoms with Gasteiger partial charge in [-0.05, 0) is 32.4 Å². The fraction of sp³-hybridized carbons (Fsp3) is 0.368. The number of aromatic nitrogens is 2. The van der Waals surface area contributed by atoms with Gasteiger partial charge in [0.15, 0.2) is 5.78 Å². The van der Waals surface area contributed by atoms with E-state index >= 15 is 0 Å². The first-order valence-corrected chi connectivity index (χ1v) is 8.40. The van der Waals surface area contributed by atoms with Crippen LogP contribution in [0, 0.1) is 6.92 Å². The molecule has 1 aromatic carbocycles. The van der Waals surface area contributed by atoms with Crippen LogP contribution in [-0.2, 0) is 0 Å². The van der Waals surface area contributed by atoms with Crippen molar-refractivity contribution in [1.29, 1.82) is 0 Å². The molecule has 0 saturated heterocycles. The van der Waals surface area contributed by atoms with Gasteiger partial charge in [-0.2, -0.15) is 0 Å².